The summed E-state index contributed by atoms with van der Waals surface area (Å²) in [6.45, 7) is 1.93. The van der Waals surface area contributed by atoms with Gasteiger partial charge in [-0.3, -0.25) is 4.98 Å². The Morgan fingerprint density at radius 2 is 1.94 bits per heavy atom. The van der Waals surface area contributed by atoms with Crippen molar-refractivity contribution in [2.45, 2.75) is 19.4 Å². The zero-order valence-electron chi connectivity index (χ0n) is 9.60. The Bertz CT molecular complexity index is 496. The second-order valence-electron chi connectivity index (χ2n) is 4.08. The minimum Gasteiger partial charge on any atom is -0.388 e. The first kappa shape index (κ1) is 12.3. The van der Waals surface area contributed by atoms with Gasteiger partial charge >= 0.3 is 0 Å². The van der Waals surface area contributed by atoms with Gasteiger partial charge in [0.05, 0.1) is 6.10 Å². The van der Waals surface area contributed by atoms with Crippen molar-refractivity contribution in [1.29, 1.82) is 0 Å². The van der Waals surface area contributed by atoms with Crippen LogP contribution in [-0.2, 0) is 6.42 Å². The molecule has 1 unspecified atom stereocenters. The lowest BCUT2D eigenvalue weighted by atomic mass is 10.0. The molecule has 0 amide bonds. The van der Waals surface area contributed by atoms with E-state index >= 15 is 0 Å². The Morgan fingerprint density at radius 3 is 2.59 bits per heavy atom. The number of aryl methyl sites for hydroxylation is 1. The maximum absolute atomic E-state index is 10.1. The first-order chi connectivity index (χ1) is 8.15. The summed E-state index contributed by atoms with van der Waals surface area (Å²) in [5.74, 6) is 0. The predicted octanol–water partition coefficient (Wildman–Crippen LogP) is 3.43. The lowest BCUT2D eigenvalue weighted by Gasteiger charge is -2.11. The molecule has 88 valence electrons. The average molecular weight is 292 g/mol. The smallest absolute Gasteiger partial charge is 0.0831 e. The highest BCUT2D eigenvalue weighted by Gasteiger charge is 2.08. The molecule has 0 bridgehead atoms. The molecule has 1 atom stereocenters. The van der Waals surface area contributed by atoms with Crippen molar-refractivity contribution in [2.75, 3.05) is 0 Å². The number of halogens is 1. The van der Waals surface area contributed by atoms with Crippen LogP contribution >= 0.6 is 15.9 Å². The van der Waals surface area contributed by atoms with E-state index in [-0.39, 0.29) is 0 Å². The van der Waals surface area contributed by atoms with Crippen LogP contribution in [0.3, 0.4) is 0 Å². The van der Waals surface area contributed by atoms with Crippen molar-refractivity contribution in [3.05, 3.63) is 63.9 Å². The summed E-state index contributed by atoms with van der Waals surface area (Å²) in [6, 6.07) is 11.8. The number of hydrogen-bond acceptors (Lipinski definition) is 2. The second kappa shape index (κ2) is 5.43. The third kappa shape index (κ3) is 3.38. The van der Waals surface area contributed by atoms with E-state index in [0.29, 0.717) is 6.42 Å². The van der Waals surface area contributed by atoms with Gasteiger partial charge in [0, 0.05) is 22.8 Å². The Kier molecular flexibility index (Phi) is 3.92. The summed E-state index contributed by atoms with van der Waals surface area (Å²) >= 11 is 3.40. The fraction of sp³-hybridized carbons (Fsp3) is 0.214. The van der Waals surface area contributed by atoms with Gasteiger partial charge in [0.2, 0.25) is 0 Å². The summed E-state index contributed by atoms with van der Waals surface area (Å²) in [7, 11) is 0. The van der Waals surface area contributed by atoms with Crippen LogP contribution in [0.15, 0.2) is 47.1 Å². The van der Waals surface area contributed by atoms with Crippen LogP contribution < -0.4 is 0 Å². The maximum atomic E-state index is 10.1. The number of aliphatic hydroxyl groups excluding tert-OH is 1. The van der Waals surface area contributed by atoms with Crippen molar-refractivity contribution < 1.29 is 5.11 Å². The third-order valence-electron chi connectivity index (χ3n) is 2.65. The number of aliphatic hydroxyl groups is 1. The van der Waals surface area contributed by atoms with Gasteiger partial charge in [-0.2, -0.15) is 0 Å². The average Bonchev–Trinajstić information content (AvgIpc) is 2.32. The van der Waals surface area contributed by atoms with Crippen molar-refractivity contribution >= 4 is 15.9 Å². The van der Waals surface area contributed by atoms with E-state index in [4.69, 9.17) is 0 Å². The van der Waals surface area contributed by atoms with Crippen LogP contribution in [-0.4, -0.2) is 10.1 Å². The zero-order valence-corrected chi connectivity index (χ0v) is 11.2. The van der Waals surface area contributed by atoms with E-state index in [1.807, 2.05) is 43.3 Å². The molecule has 1 aromatic carbocycles. The van der Waals surface area contributed by atoms with Gasteiger partial charge in [-0.1, -0.05) is 28.1 Å². The number of rotatable bonds is 3. The number of pyridine rings is 1. The summed E-state index contributed by atoms with van der Waals surface area (Å²) in [5, 5.41) is 10.1. The molecule has 0 aliphatic rings. The third-order valence-corrected chi connectivity index (χ3v) is 3.18. The van der Waals surface area contributed by atoms with Crippen molar-refractivity contribution in [3.8, 4) is 0 Å². The van der Waals surface area contributed by atoms with E-state index in [2.05, 4.69) is 20.9 Å². The molecule has 1 aromatic heterocycles. The van der Waals surface area contributed by atoms with Gasteiger partial charge in [0.25, 0.3) is 0 Å². The van der Waals surface area contributed by atoms with E-state index < -0.39 is 6.10 Å². The molecule has 0 saturated heterocycles. The number of hydrogen-bond donors (Lipinski definition) is 1. The SMILES string of the molecule is Cc1cc(C(O)Cc2ccc(Br)cc2)ccn1. The molecular formula is C14H14BrNO. The molecule has 17 heavy (non-hydrogen) atoms. The Balaban J connectivity index is 2.11. The summed E-state index contributed by atoms with van der Waals surface area (Å²) in [4.78, 5) is 4.12. The molecule has 0 saturated carbocycles. The maximum Gasteiger partial charge on any atom is 0.0831 e. The van der Waals surface area contributed by atoms with Crippen LogP contribution in [0, 0.1) is 6.92 Å². The summed E-state index contributed by atoms with van der Waals surface area (Å²) in [6.07, 6.45) is 1.88. The van der Waals surface area contributed by atoms with Crippen molar-refractivity contribution in [1.82, 2.24) is 4.98 Å². The van der Waals surface area contributed by atoms with E-state index in [9.17, 15) is 5.11 Å². The summed E-state index contributed by atoms with van der Waals surface area (Å²) < 4.78 is 1.05. The fourth-order valence-corrected chi connectivity index (χ4v) is 2.00. The van der Waals surface area contributed by atoms with Crippen LogP contribution in [0.4, 0.5) is 0 Å². The normalized spacial score (nSPS) is 12.4. The Morgan fingerprint density at radius 1 is 1.24 bits per heavy atom. The van der Waals surface area contributed by atoms with Crippen LogP contribution in [0.5, 0.6) is 0 Å². The molecule has 1 heterocycles. The standard InChI is InChI=1S/C14H14BrNO/c1-10-8-12(6-7-16-10)14(17)9-11-2-4-13(15)5-3-11/h2-8,14,17H,9H2,1H3. The molecule has 0 aliphatic carbocycles. The first-order valence-corrected chi connectivity index (χ1v) is 6.29. The highest BCUT2D eigenvalue weighted by atomic mass is 79.9. The molecule has 0 aliphatic heterocycles. The topological polar surface area (TPSA) is 33.1 Å². The molecule has 0 fully saturated rings. The number of aromatic nitrogens is 1. The quantitative estimate of drug-likeness (QED) is 0.940. The van der Waals surface area contributed by atoms with Crippen molar-refractivity contribution in [2.24, 2.45) is 0 Å². The molecule has 3 heteroatoms. The van der Waals surface area contributed by atoms with Gasteiger partial charge in [0.1, 0.15) is 0 Å². The molecule has 2 aromatic rings. The lowest BCUT2D eigenvalue weighted by Crippen LogP contribution is -2.02. The molecule has 2 rings (SSSR count). The number of benzene rings is 1. The van der Waals surface area contributed by atoms with Crippen LogP contribution in [0.25, 0.3) is 0 Å². The Hall–Kier alpha value is -1.19. The lowest BCUT2D eigenvalue weighted by molar-refractivity contribution is 0.178. The monoisotopic (exact) mass is 291 g/mol. The van der Waals surface area contributed by atoms with E-state index in [1.54, 1.807) is 6.20 Å². The first-order valence-electron chi connectivity index (χ1n) is 5.50. The zero-order chi connectivity index (χ0) is 12.3. The molecular weight excluding hydrogens is 278 g/mol. The van der Waals surface area contributed by atoms with Gasteiger partial charge in [0.15, 0.2) is 0 Å². The summed E-state index contributed by atoms with van der Waals surface area (Å²) in [5.41, 5.74) is 2.97. The van der Waals surface area contributed by atoms with E-state index in [0.717, 1.165) is 21.3 Å². The van der Waals surface area contributed by atoms with E-state index in [1.165, 1.54) is 0 Å². The van der Waals surface area contributed by atoms with Gasteiger partial charge < -0.3 is 5.11 Å². The highest BCUT2D eigenvalue weighted by molar-refractivity contribution is 9.10. The highest BCUT2D eigenvalue weighted by Crippen LogP contribution is 2.19. The molecule has 0 radical (unpaired) electrons. The molecule has 1 N–H and O–H groups in total. The van der Waals surface area contributed by atoms with Gasteiger partial charge in [-0.25, -0.2) is 0 Å². The van der Waals surface area contributed by atoms with Gasteiger partial charge in [-0.15, -0.1) is 0 Å². The Labute approximate surface area is 109 Å². The van der Waals surface area contributed by atoms with Crippen LogP contribution in [0.2, 0.25) is 0 Å². The molecule has 0 spiro atoms. The largest absolute Gasteiger partial charge is 0.388 e. The predicted molar refractivity (Wildman–Crippen MR) is 71.8 cm³/mol. The minimum atomic E-state index is -0.474. The molecule has 2 nitrogen and oxygen atoms in total. The fourth-order valence-electron chi connectivity index (χ4n) is 1.74. The van der Waals surface area contributed by atoms with Gasteiger partial charge in [-0.05, 0) is 42.3 Å². The van der Waals surface area contributed by atoms with Crippen LogP contribution in [0.1, 0.15) is 22.9 Å². The number of nitrogens with zero attached hydrogens (tertiary/aromatic N) is 1. The van der Waals surface area contributed by atoms with Crippen molar-refractivity contribution in [3.63, 3.8) is 0 Å². The minimum absolute atomic E-state index is 0.474. The second-order valence-corrected chi connectivity index (χ2v) is 4.99.